The summed E-state index contributed by atoms with van der Waals surface area (Å²) in [5.41, 5.74) is 0. The van der Waals surface area contributed by atoms with E-state index < -0.39 is 12.0 Å². The van der Waals surface area contributed by atoms with Crippen molar-refractivity contribution in [2.24, 2.45) is 0 Å². The maximum atomic E-state index is 10.0. The Hall–Kier alpha value is -1.08. The summed E-state index contributed by atoms with van der Waals surface area (Å²) in [6, 6.07) is -0.539. The van der Waals surface area contributed by atoms with E-state index in [1.54, 1.807) is 0 Å². The highest BCUT2D eigenvalue weighted by Gasteiger charge is 2.15. The van der Waals surface area contributed by atoms with Crippen LogP contribution in [0.4, 0.5) is 0 Å². The maximum Gasteiger partial charge on any atom is 0.311 e. The third kappa shape index (κ3) is 3.87. The van der Waals surface area contributed by atoms with Crippen LogP contribution in [0.25, 0.3) is 4.85 Å². The number of carboxylic acids is 1. The molecule has 0 saturated heterocycles. The standard InChI is InChI=1S/C6H9NO3/c1-7-5(4-10-2)3-6(8)9/h5H,3-4H2,2H3,(H,8,9). The molecular weight excluding hydrogens is 134 g/mol. The van der Waals surface area contributed by atoms with E-state index in [2.05, 4.69) is 9.58 Å². The highest BCUT2D eigenvalue weighted by Crippen LogP contribution is 1.97. The SMILES string of the molecule is [C-]#[N+]C(COC)CC(=O)O. The van der Waals surface area contributed by atoms with Crippen molar-refractivity contribution in [2.45, 2.75) is 12.5 Å². The van der Waals surface area contributed by atoms with Crippen LogP contribution in [0, 0.1) is 6.57 Å². The van der Waals surface area contributed by atoms with Crippen molar-refractivity contribution in [1.82, 2.24) is 0 Å². The monoisotopic (exact) mass is 143 g/mol. The zero-order valence-electron chi connectivity index (χ0n) is 5.70. The first-order chi connectivity index (χ1) is 4.70. The Kier molecular flexibility index (Phi) is 4.25. The largest absolute Gasteiger partial charge is 0.481 e. The molecule has 0 heterocycles. The molecule has 0 aromatic carbocycles. The average molecular weight is 143 g/mol. The van der Waals surface area contributed by atoms with E-state index in [9.17, 15) is 4.79 Å². The van der Waals surface area contributed by atoms with Gasteiger partial charge in [0.05, 0.1) is 0 Å². The van der Waals surface area contributed by atoms with Crippen LogP contribution in [0.5, 0.6) is 0 Å². The molecule has 0 aliphatic carbocycles. The van der Waals surface area contributed by atoms with E-state index in [4.69, 9.17) is 11.7 Å². The van der Waals surface area contributed by atoms with Crippen LogP contribution in [0.2, 0.25) is 0 Å². The molecule has 0 rings (SSSR count). The minimum Gasteiger partial charge on any atom is -0.481 e. The van der Waals surface area contributed by atoms with Gasteiger partial charge in [-0.3, -0.25) is 4.79 Å². The lowest BCUT2D eigenvalue weighted by atomic mass is 10.2. The molecule has 10 heavy (non-hydrogen) atoms. The van der Waals surface area contributed by atoms with Gasteiger partial charge in [-0.05, 0) is 0 Å². The normalized spacial score (nSPS) is 12.0. The van der Waals surface area contributed by atoms with Crippen molar-refractivity contribution in [1.29, 1.82) is 0 Å². The van der Waals surface area contributed by atoms with E-state index in [1.807, 2.05) is 0 Å². The van der Waals surface area contributed by atoms with Crippen LogP contribution >= 0.6 is 0 Å². The van der Waals surface area contributed by atoms with Gasteiger partial charge < -0.3 is 14.7 Å². The second kappa shape index (κ2) is 4.77. The van der Waals surface area contributed by atoms with Crippen LogP contribution in [-0.4, -0.2) is 30.8 Å². The summed E-state index contributed by atoms with van der Waals surface area (Å²) in [7, 11) is 1.44. The first-order valence-corrected chi connectivity index (χ1v) is 2.78. The Labute approximate surface area is 59.2 Å². The molecule has 0 amide bonds. The second-order valence-corrected chi connectivity index (χ2v) is 1.84. The average Bonchev–Trinajstić information content (AvgIpc) is 1.86. The molecule has 1 N–H and O–H groups in total. The van der Waals surface area contributed by atoms with Crippen molar-refractivity contribution >= 4 is 5.97 Å². The third-order valence-electron chi connectivity index (χ3n) is 0.952. The summed E-state index contributed by atoms with van der Waals surface area (Å²) < 4.78 is 4.62. The smallest absolute Gasteiger partial charge is 0.311 e. The lowest BCUT2D eigenvalue weighted by molar-refractivity contribution is -0.137. The molecule has 0 saturated carbocycles. The van der Waals surface area contributed by atoms with Crippen LogP contribution in [0.1, 0.15) is 6.42 Å². The fourth-order valence-electron chi connectivity index (χ4n) is 0.536. The van der Waals surface area contributed by atoms with Gasteiger partial charge >= 0.3 is 5.97 Å². The van der Waals surface area contributed by atoms with E-state index in [0.29, 0.717) is 0 Å². The molecule has 0 fully saturated rings. The van der Waals surface area contributed by atoms with Crippen molar-refractivity contribution < 1.29 is 14.6 Å². The predicted molar refractivity (Wildman–Crippen MR) is 34.5 cm³/mol. The summed E-state index contributed by atoms with van der Waals surface area (Å²) in [5, 5.41) is 8.24. The quantitative estimate of drug-likeness (QED) is 0.579. The fourth-order valence-corrected chi connectivity index (χ4v) is 0.536. The summed E-state index contributed by atoms with van der Waals surface area (Å²) in [4.78, 5) is 13.1. The molecule has 1 atom stereocenters. The summed E-state index contributed by atoms with van der Waals surface area (Å²) >= 11 is 0. The number of aliphatic carboxylic acids is 1. The van der Waals surface area contributed by atoms with Crippen LogP contribution < -0.4 is 0 Å². The Balaban J connectivity index is 3.63. The van der Waals surface area contributed by atoms with Gasteiger partial charge in [0, 0.05) is 7.11 Å². The van der Waals surface area contributed by atoms with E-state index >= 15 is 0 Å². The van der Waals surface area contributed by atoms with Crippen molar-refractivity contribution in [3.63, 3.8) is 0 Å². The Bertz CT molecular complexity index is 150. The predicted octanol–water partition coefficient (Wildman–Crippen LogP) is 0.395. The number of ether oxygens (including phenoxy) is 1. The highest BCUT2D eigenvalue weighted by atomic mass is 16.5. The molecular formula is C6H9NO3. The molecule has 0 spiro atoms. The van der Waals surface area contributed by atoms with Crippen LogP contribution in [0.3, 0.4) is 0 Å². The molecule has 0 bridgehead atoms. The van der Waals surface area contributed by atoms with Gasteiger partial charge in [0.15, 0.2) is 0 Å². The van der Waals surface area contributed by atoms with Gasteiger partial charge in [-0.2, -0.15) is 0 Å². The molecule has 4 heteroatoms. The molecule has 0 aliphatic heterocycles. The Morgan fingerprint density at radius 2 is 2.50 bits per heavy atom. The highest BCUT2D eigenvalue weighted by molar-refractivity contribution is 5.67. The van der Waals surface area contributed by atoms with Crippen molar-refractivity contribution in [3.05, 3.63) is 11.4 Å². The molecule has 56 valence electrons. The van der Waals surface area contributed by atoms with Gasteiger partial charge in [0.1, 0.15) is 13.0 Å². The minimum absolute atomic E-state index is 0.142. The number of hydrogen-bond donors (Lipinski definition) is 1. The van der Waals surface area contributed by atoms with Crippen LogP contribution in [0.15, 0.2) is 0 Å². The number of carboxylic acid groups (broad SMARTS) is 1. The lowest BCUT2D eigenvalue weighted by Crippen LogP contribution is -2.14. The minimum atomic E-state index is -0.960. The number of carbonyl (C=O) groups is 1. The molecule has 0 aliphatic rings. The second-order valence-electron chi connectivity index (χ2n) is 1.84. The number of nitrogens with zero attached hydrogens (tertiary/aromatic N) is 1. The maximum absolute atomic E-state index is 10.0. The van der Waals surface area contributed by atoms with Gasteiger partial charge in [-0.15, -0.1) is 0 Å². The molecule has 4 nitrogen and oxygen atoms in total. The third-order valence-corrected chi connectivity index (χ3v) is 0.952. The first kappa shape index (κ1) is 8.92. The first-order valence-electron chi connectivity index (χ1n) is 2.78. The molecule has 0 aromatic heterocycles. The molecule has 0 radical (unpaired) electrons. The van der Waals surface area contributed by atoms with Crippen LogP contribution in [-0.2, 0) is 9.53 Å². The van der Waals surface area contributed by atoms with E-state index in [0.717, 1.165) is 0 Å². The fraction of sp³-hybridized carbons (Fsp3) is 0.667. The lowest BCUT2D eigenvalue weighted by Gasteiger charge is -1.98. The summed E-state index contributed by atoms with van der Waals surface area (Å²) in [6.45, 7) is 6.73. The Morgan fingerprint density at radius 1 is 1.90 bits per heavy atom. The Morgan fingerprint density at radius 3 is 2.80 bits per heavy atom. The zero-order chi connectivity index (χ0) is 7.98. The van der Waals surface area contributed by atoms with E-state index in [-0.39, 0.29) is 13.0 Å². The van der Waals surface area contributed by atoms with Crippen molar-refractivity contribution in [3.8, 4) is 0 Å². The number of methoxy groups -OCH3 is 1. The number of rotatable bonds is 4. The van der Waals surface area contributed by atoms with E-state index in [1.165, 1.54) is 7.11 Å². The van der Waals surface area contributed by atoms with Gasteiger partial charge in [-0.1, -0.05) is 0 Å². The summed E-state index contributed by atoms with van der Waals surface area (Å²) in [5.74, 6) is -0.960. The zero-order valence-corrected chi connectivity index (χ0v) is 5.70. The number of hydrogen-bond acceptors (Lipinski definition) is 2. The van der Waals surface area contributed by atoms with Gasteiger partial charge in [0.2, 0.25) is 0 Å². The topological polar surface area (TPSA) is 50.9 Å². The van der Waals surface area contributed by atoms with Gasteiger partial charge in [0.25, 0.3) is 6.04 Å². The van der Waals surface area contributed by atoms with Gasteiger partial charge in [-0.25, -0.2) is 6.57 Å². The molecule has 1 unspecified atom stereocenters. The molecule has 0 aromatic rings. The summed E-state index contributed by atoms with van der Waals surface area (Å²) in [6.07, 6.45) is -0.142. The van der Waals surface area contributed by atoms with Crippen molar-refractivity contribution in [2.75, 3.05) is 13.7 Å².